The molecule has 0 fully saturated rings. The summed E-state index contributed by atoms with van der Waals surface area (Å²) >= 11 is 0. The number of benzene rings is 1. The number of rotatable bonds is 3. The van der Waals surface area contributed by atoms with Crippen LogP contribution in [0, 0.1) is 11.6 Å². The lowest BCUT2D eigenvalue weighted by atomic mass is 9.96. The van der Waals surface area contributed by atoms with Crippen molar-refractivity contribution in [2.24, 2.45) is 0 Å². The number of aliphatic hydroxyl groups is 1. The van der Waals surface area contributed by atoms with Crippen molar-refractivity contribution < 1.29 is 28.9 Å². The number of phenolic OH excluding ortho intramolecular Hbond substituents is 1. The standard InChI is InChI=1S/C10H10F2O4/c1-10(16,9(14)15)4-5-2-6(11)3-7(12)8(5)13/h2-3,13,16H,4H2,1H3,(H,14,15). The summed E-state index contributed by atoms with van der Waals surface area (Å²) in [5, 5.41) is 27.2. The zero-order valence-electron chi connectivity index (χ0n) is 8.37. The number of aromatic hydroxyl groups is 1. The molecule has 0 spiro atoms. The van der Waals surface area contributed by atoms with Gasteiger partial charge in [-0.1, -0.05) is 0 Å². The highest BCUT2D eigenvalue weighted by Gasteiger charge is 2.31. The molecule has 1 unspecified atom stereocenters. The topological polar surface area (TPSA) is 77.8 Å². The van der Waals surface area contributed by atoms with Crippen molar-refractivity contribution in [1.29, 1.82) is 0 Å². The van der Waals surface area contributed by atoms with Crippen LogP contribution in [0.5, 0.6) is 5.75 Å². The van der Waals surface area contributed by atoms with E-state index in [9.17, 15) is 23.8 Å². The Balaban J connectivity index is 3.11. The molecule has 0 saturated heterocycles. The van der Waals surface area contributed by atoms with Crippen LogP contribution in [-0.2, 0) is 11.2 Å². The Morgan fingerprint density at radius 1 is 1.44 bits per heavy atom. The zero-order chi connectivity index (χ0) is 12.5. The van der Waals surface area contributed by atoms with Crippen LogP contribution in [0.4, 0.5) is 8.78 Å². The summed E-state index contributed by atoms with van der Waals surface area (Å²) in [5.41, 5.74) is -2.50. The number of hydrogen-bond donors (Lipinski definition) is 3. The Hall–Kier alpha value is -1.69. The third-order valence-corrected chi connectivity index (χ3v) is 2.10. The highest BCUT2D eigenvalue weighted by Crippen LogP contribution is 2.26. The van der Waals surface area contributed by atoms with Gasteiger partial charge in [-0.25, -0.2) is 13.6 Å². The van der Waals surface area contributed by atoms with E-state index >= 15 is 0 Å². The van der Waals surface area contributed by atoms with Crippen LogP contribution in [-0.4, -0.2) is 26.9 Å². The van der Waals surface area contributed by atoms with Crippen LogP contribution in [0.3, 0.4) is 0 Å². The Labute approximate surface area is 89.8 Å². The molecule has 4 nitrogen and oxygen atoms in total. The molecule has 0 heterocycles. The van der Waals surface area contributed by atoms with Crippen molar-refractivity contribution in [3.05, 3.63) is 29.3 Å². The van der Waals surface area contributed by atoms with Crippen molar-refractivity contribution in [3.63, 3.8) is 0 Å². The fourth-order valence-corrected chi connectivity index (χ4v) is 1.20. The molecule has 3 N–H and O–H groups in total. The van der Waals surface area contributed by atoms with E-state index in [0.717, 1.165) is 13.0 Å². The van der Waals surface area contributed by atoms with E-state index < -0.39 is 35.4 Å². The van der Waals surface area contributed by atoms with E-state index in [2.05, 4.69) is 0 Å². The van der Waals surface area contributed by atoms with Gasteiger partial charge in [0, 0.05) is 18.1 Å². The third kappa shape index (κ3) is 2.46. The summed E-state index contributed by atoms with van der Waals surface area (Å²) in [7, 11) is 0. The first-order chi connectivity index (χ1) is 7.24. The molecule has 0 aliphatic rings. The van der Waals surface area contributed by atoms with Gasteiger partial charge in [-0.15, -0.1) is 0 Å². The van der Waals surface area contributed by atoms with E-state index in [0.29, 0.717) is 6.07 Å². The largest absolute Gasteiger partial charge is 0.505 e. The van der Waals surface area contributed by atoms with Crippen molar-refractivity contribution >= 4 is 5.97 Å². The summed E-state index contributed by atoms with van der Waals surface area (Å²) in [4.78, 5) is 10.6. The molecule has 0 amide bonds. The second-order valence-corrected chi connectivity index (χ2v) is 3.65. The molecule has 0 bridgehead atoms. The van der Waals surface area contributed by atoms with Gasteiger partial charge in [-0.05, 0) is 13.0 Å². The second kappa shape index (κ2) is 4.05. The number of hydrogen-bond acceptors (Lipinski definition) is 3. The molecular formula is C10H10F2O4. The van der Waals surface area contributed by atoms with E-state index in [-0.39, 0.29) is 5.56 Å². The van der Waals surface area contributed by atoms with Gasteiger partial charge in [0.25, 0.3) is 0 Å². The molecular weight excluding hydrogens is 222 g/mol. The Kier molecular flexibility index (Phi) is 3.14. The number of halogens is 2. The Morgan fingerprint density at radius 3 is 2.50 bits per heavy atom. The van der Waals surface area contributed by atoms with Gasteiger partial charge in [0.15, 0.2) is 17.2 Å². The summed E-state index contributed by atoms with van der Waals surface area (Å²) in [6.07, 6.45) is -0.594. The lowest BCUT2D eigenvalue weighted by Crippen LogP contribution is -2.37. The summed E-state index contributed by atoms with van der Waals surface area (Å²) in [5.74, 6) is -4.55. The van der Waals surface area contributed by atoms with Crippen LogP contribution in [0.2, 0.25) is 0 Å². The lowest BCUT2D eigenvalue weighted by Gasteiger charge is -2.18. The minimum absolute atomic E-state index is 0.301. The fraction of sp³-hybridized carbons (Fsp3) is 0.300. The van der Waals surface area contributed by atoms with Crippen LogP contribution < -0.4 is 0 Å². The van der Waals surface area contributed by atoms with Gasteiger partial charge in [-0.3, -0.25) is 0 Å². The monoisotopic (exact) mass is 232 g/mol. The molecule has 0 aliphatic carbocycles. The molecule has 1 aromatic rings. The van der Waals surface area contributed by atoms with Crippen molar-refractivity contribution in [2.45, 2.75) is 18.9 Å². The number of carboxylic acids is 1. The highest BCUT2D eigenvalue weighted by molar-refractivity contribution is 5.77. The molecule has 0 saturated carbocycles. The summed E-state index contributed by atoms with van der Waals surface area (Å²) < 4.78 is 25.7. The molecule has 1 rings (SSSR count). The van der Waals surface area contributed by atoms with Crippen molar-refractivity contribution in [1.82, 2.24) is 0 Å². The second-order valence-electron chi connectivity index (χ2n) is 3.65. The van der Waals surface area contributed by atoms with Crippen LogP contribution >= 0.6 is 0 Å². The van der Waals surface area contributed by atoms with E-state index in [4.69, 9.17) is 5.11 Å². The maximum absolute atomic E-state index is 12.9. The average molecular weight is 232 g/mol. The molecule has 16 heavy (non-hydrogen) atoms. The quantitative estimate of drug-likeness (QED) is 0.727. The number of carboxylic acid groups (broad SMARTS) is 1. The minimum Gasteiger partial charge on any atom is -0.505 e. The van der Waals surface area contributed by atoms with Crippen molar-refractivity contribution in [3.8, 4) is 5.75 Å². The maximum Gasteiger partial charge on any atom is 0.335 e. The first-order valence-electron chi connectivity index (χ1n) is 4.36. The van der Waals surface area contributed by atoms with E-state index in [1.807, 2.05) is 0 Å². The predicted molar refractivity (Wildman–Crippen MR) is 50.0 cm³/mol. The van der Waals surface area contributed by atoms with Crippen LogP contribution in [0.1, 0.15) is 12.5 Å². The van der Waals surface area contributed by atoms with Gasteiger partial charge in [0.1, 0.15) is 5.82 Å². The third-order valence-electron chi connectivity index (χ3n) is 2.10. The average Bonchev–Trinajstić information content (AvgIpc) is 2.12. The minimum atomic E-state index is -2.20. The summed E-state index contributed by atoms with van der Waals surface area (Å²) in [6, 6.07) is 1.24. The highest BCUT2D eigenvalue weighted by atomic mass is 19.1. The van der Waals surface area contributed by atoms with Crippen molar-refractivity contribution in [2.75, 3.05) is 0 Å². The molecule has 0 aliphatic heterocycles. The first-order valence-corrected chi connectivity index (χ1v) is 4.36. The molecule has 0 aromatic heterocycles. The molecule has 88 valence electrons. The normalized spacial score (nSPS) is 14.5. The molecule has 1 aromatic carbocycles. The zero-order valence-corrected chi connectivity index (χ0v) is 8.37. The van der Waals surface area contributed by atoms with E-state index in [1.54, 1.807) is 0 Å². The maximum atomic E-state index is 12.9. The fourth-order valence-electron chi connectivity index (χ4n) is 1.20. The van der Waals surface area contributed by atoms with Gasteiger partial charge in [0.2, 0.25) is 0 Å². The summed E-state index contributed by atoms with van der Waals surface area (Å²) in [6.45, 7) is 0.970. The smallest absolute Gasteiger partial charge is 0.335 e. The van der Waals surface area contributed by atoms with Gasteiger partial charge >= 0.3 is 5.97 Å². The lowest BCUT2D eigenvalue weighted by molar-refractivity contribution is -0.156. The van der Waals surface area contributed by atoms with Crippen LogP contribution in [0.15, 0.2) is 12.1 Å². The van der Waals surface area contributed by atoms with Gasteiger partial charge < -0.3 is 15.3 Å². The number of phenols is 1. The number of aliphatic carboxylic acids is 1. The Bertz CT molecular complexity index is 429. The predicted octanol–water partition coefficient (Wildman–Crippen LogP) is 1.05. The van der Waals surface area contributed by atoms with E-state index in [1.165, 1.54) is 0 Å². The first kappa shape index (κ1) is 12.4. The Morgan fingerprint density at radius 2 is 2.00 bits per heavy atom. The molecule has 1 atom stereocenters. The van der Waals surface area contributed by atoms with Gasteiger partial charge in [0.05, 0.1) is 0 Å². The molecule has 0 radical (unpaired) electrons. The van der Waals surface area contributed by atoms with Gasteiger partial charge in [-0.2, -0.15) is 0 Å². The number of carbonyl (C=O) groups is 1. The van der Waals surface area contributed by atoms with Crippen LogP contribution in [0.25, 0.3) is 0 Å². The SMILES string of the molecule is CC(O)(Cc1cc(F)cc(F)c1O)C(=O)O. The molecule has 6 heteroatoms.